The number of para-hydroxylation sites is 1. The van der Waals surface area contributed by atoms with Gasteiger partial charge in [-0.25, -0.2) is 4.39 Å². The minimum atomic E-state index is -0.579. The number of hydrogen-bond donors (Lipinski definition) is 1. The first-order chi connectivity index (χ1) is 13.3. The van der Waals surface area contributed by atoms with Crippen molar-refractivity contribution >= 4 is 29.1 Å². The van der Waals surface area contributed by atoms with Crippen LogP contribution in [0.1, 0.15) is 21.5 Å². The number of halogens is 2. The molecule has 0 bridgehead atoms. The molecule has 0 unspecified atom stereocenters. The third-order valence-electron chi connectivity index (χ3n) is 4.93. The lowest BCUT2D eigenvalue weighted by atomic mass is 10.1. The van der Waals surface area contributed by atoms with Crippen molar-refractivity contribution in [1.29, 1.82) is 0 Å². The van der Waals surface area contributed by atoms with E-state index in [2.05, 4.69) is 5.32 Å². The van der Waals surface area contributed by atoms with E-state index in [0.717, 1.165) is 16.8 Å². The van der Waals surface area contributed by atoms with E-state index in [0.29, 0.717) is 31.2 Å². The van der Waals surface area contributed by atoms with Crippen LogP contribution in [-0.2, 0) is 4.79 Å². The standard InChI is InChI=1S/C21H23ClFN3O2/c1-14-4-3-5-15(2)20(14)24-19(27)13-25-8-10-26(11-9-25)21(28)17-12-16(22)6-7-18(17)23/h3-7,12H,8-11,13H2,1-2H3,(H,24,27). The normalized spacial score (nSPS) is 14.8. The zero-order chi connectivity index (χ0) is 20.3. The fourth-order valence-electron chi connectivity index (χ4n) is 3.33. The molecule has 1 heterocycles. The number of amides is 2. The van der Waals surface area contributed by atoms with Gasteiger partial charge in [-0.05, 0) is 43.2 Å². The number of rotatable bonds is 4. The predicted octanol–water partition coefficient (Wildman–Crippen LogP) is 3.49. The molecule has 5 nitrogen and oxygen atoms in total. The highest BCUT2D eigenvalue weighted by molar-refractivity contribution is 6.31. The quantitative estimate of drug-likeness (QED) is 0.850. The Balaban J connectivity index is 1.54. The van der Waals surface area contributed by atoms with Gasteiger partial charge in [-0.1, -0.05) is 29.8 Å². The minimum absolute atomic E-state index is 0.0197. The van der Waals surface area contributed by atoms with Crippen LogP contribution in [0.3, 0.4) is 0 Å². The molecule has 0 radical (unpaired) electrons. The average molecular weight is 404 g/mol. The third kappa shape index (κ3) is 4.69. The smallest absolute Gasteiger partial charge is 0.256 e. The molecule has 0 aliphatic carbocycles. The molecular formula is C21H23ClFN3O2. The molecule has 3 rings (SSSR count). The van der Waals surface area contributed by atoms with Crippen molar-refractivity contribution in [2.24, 2.45) is 0 Å². The van der Waals surface area contributed by atoms with E-state index in [9.17, 15) is 14.0 Å². The second kappa shape index (κ2) is 8.71. The summed E-state index contributed by atoms with van der Waals surface area (Å²) in [5.74, 6) is -1.04. The Morgan fingerprint density at radius 2 is 1.71 bits per heavy atom. The van der Waals surface area contributed by atoms with Crippen LogP contribution < -0.4 is 5.32 Å². The van der Waals surface area contributed by atoms with Crippen LogP contribution in [0.5, 0.6) is 0 Å². The molecular weight excluding hydrogens is 381 g/mol. The van der Waals surface area contributed by atoms with Crippen molar-refractivity contribution in [2.75, 3.05) is 38.0 Å². The molecule has 2 amide bonds. The predicted molar refractivity (Wildman–Crippen MR) is 108 cm³/mol. The molecule has 7 heteroatoms. The van der Waals surface area contributed by atoms with Gasteiger partial charge in [0, 0.05) is 36.9 Å². The summed E-state index contributed by atoms with van der Waals surface area (Å²) in [5.41, 5.74) is 2.87. The molecule has 1 aliphatic rings. The SMILES string of the molecule is Cc1cccc(C)c1NC(=O)CN1CCN(C(=O)c2cc(Cl)ccc2F)CC1. The number of carbonyl (C=O) groups excluding carboxylic acids is 2. The Morgan fingerprint density at radius 1 is 1.07 bits per heavy atom. The summed E-state index contributed by atoms with van der Waals surface area (Å²) < 4.78 is 13.9. The van der Waals surface area contributed by atoms with Crippen LogP contribution >= 0.6 is 11.6 Å². The van der Waals surface area contributed by atoms with Crippen molar-refractivity contribution in [2.45, 2.75) is 13.8 Å². The molecule has 148 valence electrons. The molecule has 1 saturated heterocycles. The van der Waals surface area contributed by atoms with Gasteiger partial charge in [0.15, 0.2) is 0 Å². The van der Waals surface area contributed by atoms with Gasteiger partial charge in [0.05, 0.1) is 12.1 Å². The fraction of sp³-hybridized carbons (Fsp3) is 0.333. The summed E-state index contributed by atoms with van der Waals surface area (Å²) in [4.78, 5) is 28.5. The van der Waals surface area contributed by atoms with Gasteiger partial charge in [0.2, 0.25) is 5.91 Å². The minimum Gasteiger partial charge on any atom is -0.336 e. The Labute approximate surface area is 169 Å². The van der Waals surface area contributed by atoms with Gasteiger partial charge in [0.25, 0.3) is 5.91 Å². The molecule has 0 spiro atoms. The Morgan fingerprint density at radius 3 is 2.36 bits per heavy atom. The second-order valence-corrected chi connectivity index (χ2v) is 7.44. The molecule has 1 N–H and O–H groups in total. The van der Waals surface area contributed by atoms with Crippen molar-refractivity contribution in [3.05, 3.63) is 63.9 Å². The maximum absolute atomic E-state index is 13.9. The summed E-state index contributed by atoms with van der Waals surface area (Å²) in [6.45, 7) is 6.14. The van der Waals surface area contributed by atoms with Gasteiger partial charge >= 0.3 is 0 Å². The van der Waals surface area contributed by atoms with Crippen LogP contribution in [0.25, 0.3) is 0 Å². The summed E-state index contributed by atoms with van der Waals surface area (Å²) in [6.07, 6.45) is 0. The summed E-state index contributed by atoms with van der Waals surface area (Å²) in [7, 11) is 0. The van der Waals surface area contributed by atoms with Crippen LogP contribution in [0, 0.1) is 19.7 Å². The molecule has 2 aromatic carbocycles. The zero-order valence-electron chi connectivity index (χ0n) is 16.0. The zero-order valence-corrected chi connectivity index (χ0v) is 16.7. The number of anilines is 1. The Bertz CT molecular complexity index is 875. The third-order valence-corrected chi connectivity index (χ3v) is 5.17. The van der Waals surface area contributed by atoms with E-state index in [1.165, 1.54) is 18.2 Å². The number of nitrogens with zero attached hydrogens (tertiary/aromatic N) is 2. The summed E-state index contributed by atoms with van der Waals surface area (Å²) >= 11 is 5.88. The first-order valence-corrected chi connectivity index (χ1v) is 9.55. The Hall–Kier alpha value is -2.44. The maximum atomic E-state index is 13.9. The van der Waals surface area contributed by atoms with E-state index in [-0.39, 0.29) is 23.9 Å². The second-order valence-electron chi connectivity index (χ2n) is 7.01. The van der Waals surface area contributed by atoms with Gasteiger partial charge in [0.1, 0.15) is 5.82 Å². The van der Waals surface area contributed by atoms with E-state index in [4.69, 9.17) is 11.6 Å². The van der Waals surface area contributed by atoms with Crippen LogP contribution in [0.4, 0.5) is 10.1 Å². The molecule has 1 fully saturated rings. The molecule has 2 aromatic rings. The topological polar surface area (TPSA) is 52.7 Å². The Kier molecular flexibility index (Phi) is 6.31. The van der Waals surface area contributed by atoms with Gasteiger partial charge < -0.3 is 10.2 Å². The average Bonchev–Trinajstić information content (AvgIpc) is 2.67. The number of carbonyl (C=O) groups is 2. The number of benzene rings is 2. The lowest BCUT2D eigenvalue weighted by Gasteiger charge is -2.34. The number of piperazine rings is 1. The van der Waals surface area contributed by atoms with Crippen LogP contribution in [0.2, 0.25) is 5.02 Å². The fourth-order valence-corrected chi connectivity index (χ4v) is 3.51. The van der Waals surface area contributed by atoms with Crippen molar-refractivity contribution in [3.8, 4) is 0 Å². The molecule has 0 atom stereocenters. The highest BCUT2D eigenvalue weighted by atomic mass is 35.5. The molecule has 0 aromatic heterocycles. The van der Waals surface area contributed by atoms with Gasteiger partial charge in [-0.3, -0.25) is 14.5 Å². The van der Waals surface area contributed by atoms with Crippen molar-refractivity contribution in [1.82, 2.24) is 9.80 Å². The first-order valence-electron chi connectivity index (χ1n) is 9.18. The largest absolute Gasteiger partial charge is 0.336 e. The van der Waals surface area contributed by atoms with E-state index in [1.54, 1.807) is 4.90 Å². The first kappa shape index (κ1) is 20.3. The summed E-state index contributed by atoms with van der Waals surface area (Å²) in [5, 5.41) is 3.30. The van der Waals surface area contributed by atoms with Crippen LogP contribution in [-0.4, -0.2) is 54.3 Å². The number of hydrogen-bond acceptors (Lipinski definition) is 3. The maximum Gasteiger partial charge on any atom is 0.256 e. The lowest BCUT2D eigenvalue weighted by Crippen LogP contribution is -2.50. The van der Waals surface area contributed by atoms with E-state index < -0.39 is 5.82 Å². The summed E-state index contributed by atoms with van der Waals surface area (Å²) in [6, 6.07) is 9.84. The molecule has 28 heavy (non-hydrogen) atoms. The highest BCUT2D eigenvalue weighted by Gasteiger charge is 2.25. The molecule has 0 saturated carbocycles. The highest BCUT2D eigenvalue weighted by Crippen LogP contribution is 2.20. The monoisotopic (exact) mass is 403 g/mol. The molecule has 1 aliphatic heterocycles. The lowest BCUT2D eigenvalue weighted by molar-refractivity contribution is -0.117. The number of aryl methyl sites for hydroxylation is 2. The van der Waals surface area contributed by atoms with E-state index in [1.807, 2.05) is 36.9 Å². The van der Waals surface area contributed by atoms with Gasteiger partial charge in [-0.15, -0.1) is 0 Å². The van der Waals surface area contributed by atoms with Crippen molar-refractivity contribution in [3.63, 3.8) is 0 Å². The van der Waals surface area contributed by atoms with Crippen LogP contribution in [0.15, 0.2) is 36.4 Å². The van der Waals surface area contributed by atoms with Crippen molar-refractivity contribution < 1.29 is 14.0 Å². The van der Waals surface area contributed by atoms with Gasteiger partial charge in [-0.2, -0.15) is 0 Å². The number of nitrogens with one attached hydrogen (secondary N) is 1. The van der Waals surface area contributed by atoms with E-state index >= 15 is 0 Å².